The van der Waals surface area contributed by atoms with Crippen molar-refractivity contribution in [2.75, 3.05) is 6.54 Å². The summed E-state index contributed by atoms with van der Waals surface area (Å²) < 4.78 is 48.0. The molecule has 1 aromatic carbocycles. The summed E-state index contributed by atoms with van der Waals surface area (Å²) >= 11 is 0. The third-order valence-corrected chi connectivity index (χ3v) is 3.39. The largest absolute Gasteiger partial charge is 0.434 e. The van der Waals surface area contributed by atoms with Gasteiger partial charge in [-0.1, -0.05) is 6.07 Å². The van der Waals surface area contributed by atoms with E-state index in [1.165, 1.54) is 12.1 Å². The topological polar surface area (TPSA) is 73.6 Å². The van der Waals surface area contributed by atoms with E-state index in [1.54, 1.807) is 0 Å². The lowest BCUT2D eigenvalue weighted by atomic mass is 10.1. The fraction of sp³-hybridized carbons (Fsp3) is 0.500. The van der Waals surface area contributed by atoms with E-state index in [0.717, 1.165) is 6.07 Å². The van der Waals surface area contributed by atoms with Crippen LogP contribution in [0.3, 0.4) is 0 Å². The normalized spacial score (nSPS) is 21.1. The molecule has 0 aromatic heterocycles. The number of hydrogen-bond acceptors (Lipinski definition) is 4. The lowest BCUT2D eigenvalue weighted by Gasteiger charge is -2.15. The van der Waals surface area contributed by atoms with Gasteiger partial charge in [-0.25, -0.2) is 4.39 Å². The highest BCUT2D eigenvalue weighted by Gasteiger charge is 2.29. The minimum Gasteiger partial charge on any atom is -0.434 e. The molecule has 3 N–H and O–H groups in total. The average molecular weight is 318 g/mol. The van der Waals surface area contributed by atoms with E-state index in [4.69, 9.17) is 10.5 Å². The molecule has 1 heterocycles. The number of rotatable bonds is 6. The Hall–Kier alpha value is -1.80. The number of hydrogen-bond donors (Lipinski definition) is 2. The van der Waals surface area contributed by atoms with Crippen LogP contribution in [0.15, 0.2) is 18.2 Å². The quantitative estimate of drug-likeness (QED) is 0.835. The van der Waals surface area contributed by atoms with Crippen molar-refractivity contribution < 1.29 is 27.4 Å². The van der Waals surface area contributed by atoms with Crippen LogP contribution in [0.4, 0.5) is 13.2 Å². The number of amides is 1. The van der Waals surface area contributed by atoms with Crippen LogP contribution >= 0.6 is 0 Å². The van der Waals surface area contributed by atoms with Crippen LogP contribution in [-0.4, -0.2) is 31.3 Å². The first-order valence-electron chi connectivity index (χ1n) is 6.86. The second-order valence-electron chi connectivity index (χ2n) is 4.87. The van der Waals surface area contributed by atoms with E-state index in [2.05, 4.69) is 10.1 Å². The summed E-state index contributed by atoms with van der Waals surface area (Å²) in [6.45, 7) is -3.01. The fourth-order valence-corrected chi connectivity index (χ4v) is 2.28. The molecule has 0 aliphatic carbocycles. The first kappa shape index (κ1) is 16.6. The van der Waals surface area contributed by atoms with E-state index in [-0.39, 0.29) is 24.0 Å². The molecule has 1 saturated heterocycles. The summed E-state index contributed by atoms with van der Waals surface area (Å²) in [6, 6.07) is 3.58. The molecule has 2 atom stereocenters. The van der Waals surface area contributed by atoms with Gasteiger partial charge in [0, 0.05) is 18.7 Å². The van der Waals surface area contributed by atoms with Crippen LogP contribution in [0, 0.1) is 5.82 Å². The molecular formula is C14H17F3N2O3. The predicted octanol–water partition coefficient (Wildman–Crippen LogP) is 1.55. The molecule has 1 amide bonds. The van der Waals surface area contributed by atoms with Gasteiger partial charge < -0.3 is 20.5 Å². The lowest BCUT2D eigenvalue weighted by molar-refractivity contribution is -0.132. The molecule has 1 aliphatic heterocycles. The summed E-state index contributed by atoms with van der Waals surface area (Å²) in [6.07, 6.45) is 0.376. The summed E-state index contributed by atoms with van der Waals surface area (Å²) in [4.78, 5) is 11.9. The molecule has 1 aromatic rings. The van der Waals surface area contributed by atoms with Crippen molar-refractivity contribution in [1.82, 2.24) is 5.32 Å². The van der Waals surface area contributed by atoms with Crippen LogP contribution in [-0.2, 0) is 16.1 Å². The number of carbonyl (C=O) groups is 1. The lowest BCUT2D eigenvalue weighted by Crippen LogP contribution is -2.35. The maximum atomic E-state index is 13.7. The number of ether oxygens (including phenoxy) is 2. The molecular weight excluding hydrogens is 301 g/mol. The van der Waals surface area contributed by atoms with Crippen molar-refractivity contribution >= 4 is 5.91 Å². The molecule has 22 heavy (non-hydrogen) atoms. The summed E-state index contributed by atoms with van der Waals surface area (Å²) in [5.74, 6) is -1.46. The zero-order chi connectivity index (χ0) is 16.1. The van der Waals surface area contributed by atoms with Crippen molar-refractivity contribution in [3.05, 3.63) is 29.6 Å². The van der Waals surface area contributed by atoms with Gasteiger partial charge in [-0.15, -0.1) is 0 Å². The van der Waals surface area contributed by atoms with Crippen molar-refractivity contribution in [2.24, 2.45) is 5.73 Å². The van der Waals surface area contributed by atoms with E-state index in [1.807, 2.05) is 0 Å². The molecule has 122 valence electrons. The Balaban J connectivity index is 1.98. The van der Waals surface area contributed by atoms with Gasteiger partial charge in [0.1, 0.15) is 17.7 Å². The van der Waals surface area contributed by atoms with Gasteiger partial charge in [0.15, 0.2) is 0 Å². The SMILES string of the molecule is NC[C@H]1CC[C@@H](C(=O)NCc2c(F)cccc2OC(F)F)O1. The van der Waals surface area contributed by atoms with E-state index < -0.39 is 24.4 Å². The van der Waals surface area contributed by atoms with E-state index in [0.29, 0.717) is 19.4 Å². The number of nitrogens with one attached hydrogen (secondary N) is 1. The number of halogens is 3. The van der Waals surface area contributed by atoms with Crippen LogP contribution < -0.4 is 15.8 Å². The Morgan fingerprint density at radius 3 is 2.86 bits per heavy atom. The van der Waals surface area contributed by atoms with Crippen LogP contribution in [0.25, 0.3) is 0 Å². The van der Waals surface area contributed by atoms with Crippen LogP contribution in [0.2, 0.25) is 0 Å². The predicted molar refractivity (Wildman–Crippen MR) is 71.8 cm³/mol. The third-order valence-electron chi connectivity index (χ3n) is 3.39. The maximum Gasteiger partial charge on any atom is 0.387 e. The Bertz CT molecular complexity index is 528. The maximum absolute atomic E-state index is 13.7. The Morgan fingerprint density at radius 2 is 2.23 bits per heavy atom. The first-order valence-corrected chi connectivity index (χ1v) is 6.86. The Kier molecular flexibility index (Phi) is 5.62. The third kappa shape index (κ3) is 4.11. The van der Waals surface area contributed by atoms with E-state index >= 15 is 0 Å². The Morgan fingerprint density at radius 1 is 1.45 bits per heavy atom. The first-order chi connectivity index (χ1) is 10.5. The van der Waals surface area contributed by atoms with Crippen LogP contribution in [0.1, 0.15) is 18.4 Å². The molecule has 2 rings (SSSR count). The van der Waals surface area contributed by atoms with Crippen molar-refractivity contribution in [3.8, 4) is 5.75 Å². The molecule has 0 radical (unpaired) electrons. The highest BCUT2D eigenvalue weighted by Crippen LogP contribution is 2.24. The average Bonchev–Trinajstić information content (AvgIpc) is 2.95. The zero-order valence-corrected chi connectivity index (χ0v) is 11.7. The van der Waals surface area contributed by atoms with Crippen molar-refractivity contribution in [3.63, 3.8) is 0 Å². The molecule has 0 bridgehead atoms. The smallest absolute Gasteiger partial charge is 0.387 e. The number of benzene rings is 1. The zero-order valence-electron chi connectivity index (χ0n) is 11.7. The standard InChI is InChI=1S/C14H17F3N2O3/c15-10-2-1-3-11(22-14(16)17)9(10)7-19-13(20)12-5-4-8(6-18)21-12/h1-3,8,12,14H,4-7,18H2,(H,19,20)/t8-,12+/m1/s1. The van der Waals surface area contributed by atoms with Gasteiger partial charge in [0.2, 0.25) is 5.91 Å². The second-order valence-corrected chi connectivity index (χ2v) is 4.87. The van der Waals surface area contributed by atoms with Gasteiger partial charge in [0.05, 0.1) is 6.10 Å². The van der Waals surface area contributed by atoms with Crippen LogP contribution in [0.5, 0.6) is 5.75 Å². The van der Waals surface area contributed by atoms with E-state index in [9.17, 15) is 18.0 Å². The molecule has 0 spiro atoms. The molecule has 5 nitrogen and oxygen atoms in total. The summed E-state index contributed by atoms with van der Waals surface area (Å²) in [7, 11) is 0. The monoisotopic (exact) mass is 318 g/mol. The number of carbonyl (C=O) groups excluding carboxylic acids is 1. The van der Waals surface area contributed by atoms with Gasteiger partial charge in [0.25, 0.3) is 0 Å². The molecule has 0 saturated carbocycles. The minimum absolute atomic E-state index is 0.135. The fourth-order valence-electron chi connectivity index (χ4n) is 2.28. The van der Waals surface area contributed by atoms with Crippen molar-refractivity contribution in [2.45, 2.75) is 38.2 Å². The highest BCUT2D eigenvalue weighted by molar-refractivity contribution is 5.81. The second kappa shape index (κ2) is 7.46. The molecule has 8 heteroatoms. The highest BCUT2D eigenvalue weighted by atomic mass is 19.3. The number of alkyl halides is 2. The molecule has 1 fully saturated rings. The molecule has 1 aliphatic rings. The van der Waals surface area contributed by atoms with Gasteiger partial charge in [-0.3, -0.25) is 4.79 Å². The van der Waals surface area contributed by atoms with Gasteiger partial charge >= 0.3 is 6.61 Å². The van der Waals surface area contributed by atoms with Crippen molar-refractivity contribution in [1.29, 1.82) is 0 Å². The summed E-state index contributed by atoms with van der Waals surface area (Å²) in [5, 5.41) is 2.47. The summed E-state index contributed by atoms with van der Waals surface area (Å²) in [5.41, 5.74) is 5.32. The molecule has 0 unspecified atom stereocenters. The Labute approximate surface area is 125 Å². The van der Waals surface area contributed by atoms with Gasteiger partial charge in [-0.2, -0.15) is 8.78 Å². The van der Waals surface area contributed by atoms with Gasteiger partial charge in [-0.05, 0) is 25.0 Å². The minimum atomic E-state index is -3.07. The number of nitrogens with two attached hydrogens (primary N) is 1.